The van der Waals surface area contributed by atoms with Crippen molar-refractivity contribution >= 4 is 0 Å². The number of rotatable bonds is 8. The van der Waals surface area contributed by atoms with E-state index < -0.39 is 0 Å². The van der Waals surface area contributed by atoms with Gasteiger partial charge in [-0.2, -0.15) is 0 Å². The van der Waals surface area contributed by atoms with Crippen LogP contribution in [-0.4, -0.2) is 0 Å². The molecule has 1 heteroatoms. The van der Waals surface area contributed by atoms with Crippen molar-refractivity contribution in [1.29, 1.82) is 0 Å². The first-order chi connectivity index (χ1) is 14.2. The molecule has 0 atom stereocenters. The van der Waals surface area contributed by atoms with E-state index in [1.807, 2.05) is 6.92 Å². The van der Waals surface area contributed by atoms with Crippen LogP contribution in [0.25, 0.3) is 0 Å². The van der Waals surface area contributed by atoms with E-state index in [9.17, 15) is 0 Å². The molecule has 0 aliphatic heterocycles. The van der Waals surface area contributed by atoms with Crippen LogP contribution in [0, 0.1) is 5.92 Å². The Labute approximate surface area is 184 Å². The predicted molar refractivity (Wildman–Crippen MR) is 134 cm³/mol. The number of hydrogen-bond donors (Lipinski definition) is 1. The fourth-order valence-electron chi connectivity index (χ4n) is 4.08. The minimum absolute atomic E-state index is 0.590. The summed E-state index contributed by atoms with van der Waals surface area (Å²) in [5, 5.41) is 0. The van der Waals surface area contributed by atoms with Crippen LogP contribution in [0.4, 0.5) is 0 Å². The molecule has 0 aromatic carbocycles. The number of hydrogen-bond acceptors (Lipinski definition) is 1. The Balaban J connectivity index is 2.65. The zero-order valence-electron chi connectivity index (χ0n) is 19.9. The lowest BCUT2D eigenvalue weighted by atomic mass is 9.89. The summed E-state index contributed by atoms with van der Waals surface area (Å²) in [5.74, 6) is 0.606. The van der Waals surface area contributed by atoms with Gasteiger partial charge in [-0.25, -0.2) is 0 Å². The van der Waals surface area contributed by atoms with Gasteiger partial charge in [-0.15, -0.1) is 0 Å². The summed E-state index contributed by atoms with van der Waals surface area (Å²) in [5.41, 5.74) is 18.1. The molecular formula is C29H39N. The maximum absolute atomic E-state index is 6.07. The smallest absolute Gasteiger partial charge is 0.0317 e. The van der Waals surface area contributed by atoms with Crippen molar-refractivity contribution in [2.45, 2.75) is 67.2 Å². The summed E-state index contributed by atoms with van der Waals surface area (Å²) in [6, 6.07) is 0. The Morgan fingerprint density at radius 2 is 1.80 bits per heavy atom. The maximum Gasteiger partial charge on any atom is 0.0317 e. The van der Waals surface area contributed by atoms with Crippen molar-refractivity contribution in [3.63, 3.8) is 0 Å². The van der Waals surface area contributed by atoms with Crippen molar-refractivity contribution in [2.75, 3.05) is 0 Å². The molecule has 0 aromatic heterocycles. The second-order valence-electron chi connectivity index (χ2n) is 8.56. The van der Waals surface area contributed by atoms with Crippen LogP contribution in [0.2, 0.25) is 0 Å². The molecule has 0 unspecified atom stereocenters. The van der Waals surface area contributed by atoms with Gasteiger partial charge in [0.2, 0.25) is 0 Å². The Morgan fingerprint density at radius 1 is 1.13 bits per heavy atom. The average molecular weight is 402 g/mol. The van der Waals surface area contributed by atoms with Gasteiger partial charge >= 0.3 is 0 Å². The summed E-state index contributed by atoms with van der Waals surface area (Å²) in [4.78, 5) is 0. The van der Waals surface area contributed by atoms with E-state index >= 15 is 0 Å². The van der Waals surface area contributed by atoms with Crippen LogP contribution in [0.3, 0.4) is 0 Å². The zero-order valence-corrected chi connectivity index (χ0v) is 19.9. The fraction of sp³-hybridized carbons (Fsp3) is 0.379. The van der Waals surface area contributed by atoms with Gasteiger partial charge in [0, 0.05) is 5.70 Å². The van der Waals surface area contributed by atoms with Gasteiger partial charge in [0.15, 0.2) is 0 Å². The first kappa shape index (κ1) is 23.7. The monoisotopic (exact) mass is 401 g/mol. The Bertz CT molecular complexity index is 915. The molecule has 2 N–H and O–H groups in total. The van der Waals surface area contributed by atoms with Gasteiger partial charge in [-0.3, -0.25) is 0 Å². The molecule has 1 saturated carbocycles. The molecule has 2 aliphatic carbocycles. The lowest BCUT2D eigenvalue weighted by Crippen LogP contribution is -2.03. The summed E-state index contributed by atoms with van der Waals surface area (Å²) in [7, 11) is 0. The molecule has 2 aliphatic rings. The zero-order chi connectivity index (χ0) is 22.4. The molecule has 0 aromatic rings. The minimum atomic E-state index is 0.590. The highest BCUT2D eigenvalue weighted by Crippen LogP contribution is 2.42. The van der Waals surface area contributed by atoms with E-state index in [1.165, 1.54) is 51.9 Å². The van der Waals surface area contributed by atoms with Gasteiger partial charge < -0.3 is 5.73 Å². The Kier molecular flexibility index (Phi) is 8.29. The Hall–Kier alpha value is -2.54. The first-order valence-corrected chi connectivity index (χ1v) is 11.2. The SMILES string of the molecule is C=C(C)\C(=C/C(=C(C)/C(C)=C(\C=C/C)C1=CCC=C(CC)C(C)=C1)C1CC1)C(=C)N. The minimum Gasteiger partial charge on any atom is -0.399 e. The summed E-state index contributed by atoms with van der Waals surface area (Å²) < 4.78 is 0. The molecule has 2 rings (SSSR count). The van der Waals surface area contributed by atoms with Crippen LogP contribution in [0.5, 0.6) is 0 Å². The van der Waals surface area contributed by atoms with E-state index in [4.69, 9.17) is 5.73 Å². The van der Waals surface area contributed by atoms with Gasteiger partial charge in [0.25, 0.3) is 0 Å². The average Bonchev–Trinajstić information content (AvgIpc) is 3.53. The fourth-order valence-corrected chi connectivity index (χ4v) is 4.08. The van der Waals surface area contributed by atoms with Gasteiger partial charge in [-0.05, 0) is 122 Å². The van der Waals surface area contributed by atoms with E-state index in [0.29, 0.717) is 11.6 Å². The largest absolute Gasteiger partial charge is 0.399 e. The van der Waals surface area contributed by atoms with Crippen LogP contribution in [-0.2, 0) is 0 Å². The summed E-state index contributed by atoms with van der Waals surface area (Å²) in [6.45, 7) is 21.1. The first-order valence-electron chi connectivity index (χ1n) is 11.2. The van der Waals surface area contributed by atoms with Crippen molar-refractivity contribution in [3.05, 3.63) is 105 Å². The highest BCUT2D eigenvalue weighted by Gasteiger charge is 2.27. The van der Waals surface area contributed by atoms with Crippen LogP contribution in [0.1, 0.15) is 67.2 Å². The lowest BCUT2D eigenvalue weighted by Gasteiger charge is -2.16. The number of nitrogens with two attached hydrogens (primary N) is 1. The molecule has 0 saturated heterocycles. The van der Waals surface area contributed by atoms with Gasteiger partial charge in [0.05, 0.1) is 0 Å². The standard InChI is InChI=1S/C29H39N/c1-9-12-27(26-14-11-13-24(10-2)20(5)17-26)21(6)22(7)29(25-15-16-25)18-28(19(3)4)23(8)30/h9,12-14,17-18,25H,3,8,10-11,15-16,30H2,1-2,4-7H3/b12-9-,27-21+,28-18+,29-22-. The predicted octanol–water partition coefficient (Wildman–Crippen LogP) is 8.19. The van der Waals surface area contributed by atoms with Crippen molar-refractivity contribution < 1.29 is 0 Å². The summed E-state index contributed by atoms with van der Waals surface area (Å²) >= 11 is 0. The van der Waals surface area contributed by atoms with E-state index in [-0.39, 0.29) is 0 Å². The van der Waals surface area contributed by atoms with Crippen LogP contribution in [0.15, 0.2) is 105 Å². The topological polar surface area (TPSA) is 26.0 Å². The summed E-state index contributed by atoms with van der Waals surface area (Å²) in [6.07, 6.45) is 18.2. The molecule has 1 nitrogen and oxygen atoms in total. The molecule has 1 fully saturated rings. The van der Waals surface area contributed by atoms with Crippen molar-refractivity contribution in [2.24, 2.45) is 11.7 Å². The molecule has 0 amide bonds. The van der Waals surface area contributed by atoms with E-state index in [0.717, 1.165) is 24.0 Å². The third-order valence-electron chi connectivity index (χ3n) is 6.13. The normalized spacial score (nSPS) is 19.4. The van der Waals surface area contributed by atoms with E-state index in [1.54, 1.807) is 0 Å². The highest BCUT2D eigenvalue weighted by atomic mass is 14.6. The molecule has 0 bridgehead atoms. The third-order valence-corrected chi connectivity index (χ3v) is 6.13. The molecular weight excluding hydrogens is 362 g/mol. The molecule has 0 spiro atoms. The molecule has 30 heavy (non-hydrogen) atoms. The molecule has 0 radical (unpaired) electrons. The number of allylic oxidation sites excluding steroid dienone is 14. The molecule has 160 valence electrons. The maximum atomic E-state index is 6.07. The lowest BCUT2D eigenvalue weighted by molar-refractivity contribution is 1.01. The third kappa shape index (κ3) is 5.75. The Morgan fingerprint density at radius 3 is 2.30 bits per heavy atom. The van der Waals surface area contributed by atoms with E-state index in [2.05, 4.69) is 84.2 Å². The highest BCUT2D eigenvalue weighted by molar-refractivity contribution is 5.59. The van der Waals surface area contributed by atoms with Crippen molar-refractivity contribution in [3.8, 4) is 0 Å². The van der Waals surface area contributed by atoms with Crippen LogP contribution >= 0.6 is 0 Å². The van der Waals surface area contributed by atoms with Gasteiger partial charge in [-0.1, -0.05) is 50.5 Å². The van der Waals surface area contributed by atoms with Gasteiger partial charge in [0.1, 0.15) is 0 Å². The van der Waals surface area contributed by atoms with Crippen molar-refractivity contribution in [1.82, 2.24) is 0 Å². The second-order valence-corrected chi connectivity index (χ2v) is 8.56. The second kappa shape index (κ2) is 10.5. The quantitative estimate of drug-likeness (QED) is 0.408. The van der Waals surface area contributed by atoms with Crippen LogP contribution < -0.4 is 5.73 Å². The molecule has 0 heterocycles.